The summed E-state index contributed by atoms with van der Waals surface area (Å²) in [4.78, 5) is 23.6. The fraction of sp³-hybridized carbons (Fsp3) is 0.333. The molecule has 0 aliphatic rings. The minimum absolute atomic E-state index is 0.00993. The van der Waals surface area contributed by atoms with Gasteiger partial charge in [-0.2, -0.15) is 0 Å². The standard InChI is InChI=1S/C12H14N4O3/c17-7-3-6-13-11(18)8-16-12(19)9-4-1-2-5-10(9)14-15-16/h1-2,4-5,17H,3,6-8H2,(H,13,18). The lowest BCUT2D eigenvalue weighted by Crippen LogP contribution is -2.34. The smallest absolute Gasteiger partial charge is 0.278 e. The lowest BCUT2D eigenvalue weighted by Gasteiger charge is -2.05. The molecule has 100 valence electrons. The third-order valence-electron chi connectivity index (χ3n) is 2.58. The highest BCUT2D eigenvalue weighted by Crippen LogP contribution is 2.02. The van der Waals surface area contributed by atoms with Crippen molar-refractivity contribution in [3.8, 4) is 0 Å². The number of aliphatic hydroxyl groups is 1. The maximum atomic E-state index is 12.0. The molecule has 0 fully saturated rings. The molecule has 0 atom stereocenters. The summed E-state index contributed by atoms with van der Waals surface area (Å²) in [6, 6.07) is 6.83. The molecular weight excluding hydrogens is 248 g/mol. The quantitative estimate of drug-likeness (QED) is 0.694. The first-order valence-electron chi connectivity index (χ1n) is 5.92. The van der Waals surface area contributed by atoms with Crippen molar-refractivity contribution in [1.82, 2.24) is 20.3 Å². The highest BCUT2D eigenvalue weighted by molar-refractivity contribution is 5.78. The van der Waals surface area contributed by atoms with Gasteiger partial charge in [-0.1, -0.05) is 17.3 Å². The zero-order chi connectivity index (χ0) is 13.7. The Balaban J connectivity index is 2.15. The van der Waals surface area contributed by atoms with E-state index in [4.69, 9.17) is 5.11 Å². The number of amides is 1. The topological polar surface area (TPSA) is 97.1 Å². The van der Waals surface area contributed by atoms with E-state index in [0.717, 1.165) is 4.68 Å². The molecule has 2 aromatic rings. The molecule has 0 saturated heterocycles. The number of aliphatic hydroxyl groups excluding tert-OH is 1. The first-order valence-corrected chi connectivity index (χ1v) is 5.92. The van der Waals surface area contributed by atoms with E-state index in [1.54, 1.807) is 24.3 Å². The number of nitrogens with zero attached hydrogens (tertiary/aromatic N) is 3. The average molecular weight is 262 g/mol. The van der Waals surface area contributed by atoms with Gasteiger partial charge in [0.25, 0.3) is 5.56 Å². The molecule has 0 unspecified atom stereocenters. The number of aromatic nitrogens is 3. The molecule has 7 nitrogen and oxygen atoms in total. The van der Waals surface area contributed by atoms with Gasteiger partial charge in [-0.15, -0.1) is 5.10 Å². The second-order valence-corrected chi connectivity index (χ2v) is 4.00. The Morgan fingerprint density at radius 1 is 1.37 bits per heavy atom. The van der Waals surface area contributed by atoms with E-state index in [-0.39, 0.29) is 24.6 Å². The number of fused-ring (bicyclic) bond motifs is 1. The van der Waals surface area contributed by atoms with Crippen LogP contribution < -0.4 is 10.9 Å². The summed E-state index contributed by atoms with van der Waals surface area (Å²) >= 11 is 0. The third-order valence-corrected chi connectivity index (χ3v) is 2.58. The molecule has 0 spiro atoms. The molecule has 7 heteroatoms. The van der Waals surface area contributed by atoms with Crippen LogP contribution in [-0.2, 0) is 11.3 Å². The van der Waals surface area contributed by atoms with Crippen molar-refractivity contribution in [2.75, 3.05) is 13.2 Å². The molecule has 2 rings (SSSR count). The second-order valence-electron chi connectivity index (χ2n) is 4.00. The highest BCUT2D eigenvalue weighted by Gasteiger charge is 2.08. The van der Waals surface area contributed by atoms with Crippen molar-refractivity contribution in [2.24, 2.45) is 0 Å². The van der Waals surface area contributed by atoms with E-state index in [9.17, 15) is 9.59 Å². The maximum absolute atomic E-state index is 12.0. The molecule has 1 amide bonds. The molecule has 0 saturated carbocycles. The van der Waals surface area contributed by atoms with Crippen LogP contribution in [0.5, 0.6) is 0 Å². The number of nitrogens with one attached hydrogen (secondary N) is 1. The summed E-state index contributed by atoms with van der Waals surface area (Å²) < 4.78 is 1.02. The van der Waals surface area contributed by atoms with Crippen molar-refractivity contribution < 1.29 is 9.90 Å². The van der Waals surface area contributed by atoms with Crippen molar-refractivity contribution in [1.29, 1.82) is 0 Å². The predicted molar refractivity (Wildman–Crippen MR) is 68.5 cm³/mol. The van der Waals surface area contributed by atoms with Crippen LogP contribution in [-0.4, -0.2) is 39.2 Å². The average Bonchev–Trinajstić information content (AvgIpc) is 2.43. The Morgan fingerprint density at radius 2 is 2.16 bits per heavy atom. The second kappa shape index (κ2) is 6.05. The molecule has 2 N–H and O–H groups in total. The molecule has 0 aliphatic heterocycles. The largest absolute Gasteiger partial charge is 0.396 e. The van der Waals surface area contributed by atoms with E-state index in [1.165, 1.54) is 0 Å². The number of hydrogen-bond acceptors (Lipinski definition) is 5. The van der Waals surface area contributed by atoms with Gasteiger partial charge in [-0.3, -0.25) is 9.59 Å². The lowest BCUT2D eigenvalue weighted by molar-refractivity contribution is -0.121. The summed E-state index contributed by atoms with van der Waals surface area (Å²) in [5, 5.41) is 19.2. The van der Waals surface area contributed by atoms with Gasteiger partial charge < -0.3 is 10.4 Å². The Hall–Kier alpha value is -2.28. The van der Waals surface area contributed by atoms with Crippen LogP contribution >= 0.6 is 0 Å². The van der Waals surface area contributed by atoms with E-state index in [2.05, 4.69) is 15.6 Å². The van der Waals surface area contributed by atoms with Crippen molar-refractivity contribution in [2.45, 2.75) is 13.0 Å². The van der Waals surface area contributed by atoms with Crippen LogP contribution in [0.15, 0.2) is 29.1 Å². The summed E-state index contributed by atoms with van der Waals surface area (Å²) in [7, 11) is 0. The van der Waals surface area contributed by atoms with Crippen LogP contribution in [0.4, 0.5) is 0 Å². The fourth-order valence-corrected chi connectivity index (χ4v) is 1.63. The monoisotopic (exact) mass is 262 g/mol. The van der Waals surface area contributed by atoms with E-state index < -0.39 is 0 Å². The Labute approximate surface area is 108 Å². The van der Waals surface area contributed by atoms with Gasteiger partial charge >= 0.3 is 0 Å². The highest BCUT2D eigenvalue weighted by atomic mass is 16.3. The third kappa shape index (κ3) is 3.14. The lowest BCUT2D eigenvalue weighted by atomic mass is 10.2. The SMILES string of the molecule is O=C(Cn1nnc2ccccc2c1=O)NCCCO. The van der Waals surface area contributed by atoms with Crippen molar-refractivity contribution in [3.63, 3.8) is 0 Å². The van der Waals surface area contributed by atoms with E-state index in [1.807, 2.05) is 0 Å². The molecule has 0 bridgehead atoms. The van der Waals surface area contributed by atoms with E-state index >= 15 is 0 Å². The van der Waals surface area contributed by atoms with Crippen LogP contribution in [0, 0.1) is 0 Å². The fourth-order valence-electron chi connectivity index (χ4n) is 1.63. The van der Waals surface area contributed by atoms with Crippen LogP contribution in [0.2, 0.25) is 0 Å². The van der Waals surface area contributed by atoms with Gasteiger partial charge in [0.05, 0.1) is 5.39 Å². The molecule has 1 heterocycles. The molecule has 1 aromatic heterocycles. The molecule has 0 aliphatic carbocycles. The van der Waals surface area contributed by atoms with Gasteiger partial charge in [0, 0.05) is 13.2 Å². The first-order chi connectivity index (χ1) is 9.22. The molecule has 1 aromatic carbocycles. The number of carbonyl (C=O) groups is 1. The molecular formula is C12H14N4O3. The first kappa shape index (κ1) is 13.2. The predicted octanol–water partition coefficient (Wildman–Crippen LogP) is -0.710. The minimum Gasteiger partial charge on any atom is -0.396 e. The van der Waals surface area contributed by atoms with Crippen LogP contribution in [0.1, 0.15) is 6.42 Å². The molecule has 0 radical (unpaired) electrons. The number of carbonyl (C=O) groups excluding carboxylic acids is 1. The number of benzene rings is 1. The number of rotatable bonds is 5. The zero-order valence-electron chi connectivity index (χ0n) is 10.2. The summed E-state index contributed by atoms with van der Waals surface area (Å²) in [6.45, 7) is 0.198. The Morgan fingerprint density at radius 3 is 2.95 bits per heavy atom. The van der Waals surface area contributed by atoms with Gasteiger partial charge in [0.15, 0.2) is 0 Å². The van der Waals surface area contributed by atoms with Crippen LogP contribution in [0.25, 0.3) is 10.9 Å². The Bertz CT molecular complexity index is 638. The van der Waals surface area contributed by atoms with Gasteiger partial charge in [0.1, 0.15) is 12.1 Å². The summed E-state index contributed by atoms with van der Waals surface area (Å²) in [5.74, 6) is -0.333. The van der Waals surface area contributed by atoms with Crippen LogP contribution in [0.3, 0.4) is 0 Å². The Kier molecular flexibility index (Phi) is 4.19. The minimum atomic E-state index is -0.345. The van der Waals surface area contributed by atoms with E-state index in [0.29, 0.717) is 23.9 Å². The van der Waals surface area contributed by atoms with Gasteiger partial charge in [-0.05, 0) is 18.6 Å². The van der Waals surface area contributed by atoms with Gasteiger partial charge in [0.2, 0.25) is 5.91 Å². The molecule has 19 heavy (non-hydrogen) atoms. The summed E-state index contributed by atoms with van der Waals surface area (Å²) in [6.07, 6.45) is 0.476. The van der Waals surface area contributed by atoms with Crippen molar-refractivity contribution >= 4 is 16.8 Å². The maximum Gasteiger partial charge on any atom is 0.278 e. The van der Waals surface area contributed by atoms with Crippen molar-refractivity contribution in [3.05, 3.63) is 34.6 Å². The van der Waals surface area contributed by atoms with Gasteiger partial charge in [-0.25, -0.2) is 4.68 Å². The summed E-state index contributed by atoms with van der Waals surface area (Å²) in [5.41, 5.74) is 0.160. The zero-order valence-corrected chi connectivity index (χ0v) is 10.2. The number of hydrogen-bond donors (Lipinski definition) is 2. The normalized spacial score (nSPS) is 10.6.